The Morgan fingerprint density at radius 3 is 1.50 bits per heavy atom. The Balaban J connectivity index is 1.01. The van der Waals surface area contributed by atoms with E-state index in [1.54, 1.807) is 0 Å². The highest BCUT2D eigenvalue weighted by Crippen LogP contribution is 2.51. The number of thiophene rings is 1. The molecule has 0 saturated heterocycles. The average Bonchev–Trinajstić information content (AvgIpc) is 3.72. The smallest absolute Gasteiger partial charge is 0.0362 e. The molecule has 0 bridgehead atoms. The van der Waals surface area contributed by atoms with E-state index in [-0.39, 0.29) is 5.41 Å². The van der Waals surface area contributed by atoms with Gasteiger partial charge in [-0.25, -0.2) is 0 Å². The third kappa shape index (κ3) is 3.98. The standard InChI is InChI=1S/C55H34S/c1-55(2)49-14-8-7-13-41(49)42-23-19-34(28-50(42)55)36-22-18-32-16-15-31-17-21-35(43-24-25-44(36)54(32)53(31)43)33-20-26-51-47(27-33)48-29-45-39-11-5-3-9-37(39)38-10-4-6-12-40(38)46(45)30-52(48)56-51/h3-30H,1-2H3. The molecule has 0 aliphatic heterocycles. The topological polar surface area (TPSA) is 0 Å². The van der Waals surface area contributed by atoms with Crippen molar-refractivity contribution in [3.05, 3.63) is 181 Å². The lowest BCUT2D eigenvalue weighted by Crippen LogP contribution is -2.14. The lowest BCUT2D eigenvalue weighted by Gasteiger charge is -2.22. The molecule has 12 aromatic rings. The average molecular weight is 727 g/mol. The van der Waals surface area contributed by atoms with Crippen molar-refractivity contribution < 1.29 is 0 Å². The first-order valence-electron chi connectivity index (χ1n) is 19.7. The van der Waals surface area contributed by atoms with E-state index in [1.807, 2.05) is 11.3 Å². The number of hydrogen-bond donors (Lipinski definition) is 0. The lowest BCUT2D eigenvalue weighted by atomic mass is 9.81. The summed E-state index contributed by atoms with van der Waals surface area (Å²) in [5, 5.41) is 18.5. The zero-order valence-corrected chi connectivity index (χ0v) is 31.9. The fraction of sp³-hybridized carbons (Fsp3) is 0.0545. The minimum Gasteiger partial charge on any atom is -0.135 e. The number of hydrogen-bond acceptors (Lipinski definition) is 1. The molecule has 1 aliphatic rings. The van der Waals surface area contributed by atoms with E-state index in [4.69, 9.17) is 0 Å². The van der Waals surface area contributed by atoms with Gasteiger partial charge in [0.05, 0.1) is 0 Å². The van der Waals surface area contributed by atoms with Crippen molar-refractivity contribution in [2.45, 2.75) is 19.3 Å². The molecule has 0 fully saturated rings. The van der Waals surface area contributed by atoms with Gasteiger partial charge >= 0.3 is 0 Å². The van der Waals surface area contributed by atoms with Gasteiger partial charge in [-0.15, -0.1) is 11.3 Å². The molecule has 0 amide bonds. The summed E-state index contributed by atoms with van der Waals surface area (Å²) in [5.41, 5.74) is 10.6. The monoisotopic (exact) mass is 726 g/mol. The minimum absolute atomic E-state index is 0.0369. The highest BCUT2D eigenvalue weighted by Gasteiger charge is 2.35. The summed E-state index contributed by atoms with van der Waals surface area (Å²) in [6.45, 7) is 4.74. The first kappa shape index (κ1) is 30.7. The Morgan fingerprint density at radius 1 is 0.321 bits per heavy atom. The predicted molar refractivity (Wildman–Crippen MR) is 244 cm³/mol. The highest BCUT2D eigenvalue weighted by atomic mass is 32.1. The molecule has 56 heavy (non-hydrogen) atoms. The van der Waals surface area contributed by atoms with Crippen LogP contribution in [0.3, 0.4) is 0 Å². The summed E-state index contributed by atoms with van der Waals surface area (Å²) >= 11 is 1.91. The van der Waals surface area contributed by atoms with Crippen molar-refractivity contribution in [2.75, 3.05) is 0 Å². The maximum atomic E-state index is 2.46. The Hall–Kier alpha value is -6.54. The largest absolute Gasteiger partial charge is 0.135 e. The van der Waals surface area contributed by atoms with E-state index in [9.17, 15) is 0 Å². The van der Waals surface area contributed by atoms with Crippen molar-refractivity contribution >= 4 is 96.1 Å². The molecule has 260 valence electrons. The van der Waals surface area contributed by atoms with Crippen LogP contribution in [0.5, 0.6) is 0 Å². The molecule has 1 heteroatoms. The summed E-state index contributed by atoms with van der Waals surface area (Å²) in [6.07, 6.45) is 0. The van der Waals surface area contributed by atoms with Crippen molar-refractivity contribution in [3.63, 3.8) is 0 Å². The molecule has 0 spiro atoms. The molecule has 1 aliphatic carbocycles. The van der Waals surface area contributed by atoms with Crippen LogP contribution < -0.4 is 0 Å². The van der Waals surface area contributed by atoms with Crippen LogP contribution in [0.2, 0.25) is 0 Å². The Morgan fingerprint density at radius 2 is 0.821 bits per heavy atom. The van der Waals surface area contributed by atoms with Crippen LogP contribution in [0.4, 0.5) is 0 Å². The van der Waals surface area contributed by atoms with Crippen LogP contribution in [-0.4, -0.2) is 0 Å². The first-order valence-corrected chi connectivity index (χ1v) is 20.5. The molecule has 0 N–H and O–H groups in total. The van der Waals surface area contributed by atoms with Gasteiger partial charge in [0.2, 0.25) is 0 Å². The predicted octanol–water partition coefficient (Wildman–Crippen LogP) is 16.1. The number of benzene rings is 11. The van der Waals surface area contributed by atoms with Crippen LogP contribution in [0.15, 0.2) is 170 Å². The molecule has 0 atom stereocenters. The summed E-state index contributed by atoms with van der Waals surface area (Å²) in [5.74, 6) is 0. The second-order valence-corrected chi connectivity index (χ2v) is 17.5. The van der Waals surface area contributed by atoms with Crippen LogP contribution in [0, 0.1) is 0 Å². The third-order valence-electron chi connectivity index (χ3n) is 13.2. The lowest BCUT2D eigenvalue weighted by molar-refractivity contribution is 0.660. The molecule has 11 aromatic carbocycles. The second kappa shape index (κ2) is 10.8. The maximum Gasteiger partial charge on any atom is 0.0362 e. The Bertz CT molecular complexity index is 3670. The van der Waals surface area contributed by atoms with E-state index in [0.717, 1.165) is 0 Å². The van der Waals surface area contributed by atoms with E-state index in [1.165, 1.54) is 129 Å². The SMILES string of the molecule is CC1(C)c2ccccc2-c2ccc(-c3ccc4ccc5ccc(-c6ccc7sc8cc9c%10ccccc%10c%10ccccc%10c9cc8c7c6)c6ccc3c4c56)cc21. The van der Waals surface area contributed by atoms with Gasteiger partial charge in [-0.05, 0) is 139 Å². The summed E-state index contributed by atoms with van der Waals surface area (Å²) in [6, 6.07) is 64.6. The van der Waals surface area contributed by atoms with E-state index < -0.39 is 0 Å². The van der Waals surface area contributed by atoms with Crippen LogP contribution in [0.1, 0.15) is 25.0 Å². The van der Waals surface area contributed by atoms with Crippen molar-refractivity contribution in [1.29, 1.82) is 0 Å². The van der Waals surface area contributed by atoms with Crippen LogP contribution in [0.25, 0.3) is 118 Å². The van der Waals surface area contributed by atoms with Gasteiger partial charge in [0.25, 0.3) is 0 Å². The van der Waals surface area contributed by atoms with Gasteiger partial charge in [-0.2, -0.15) is 0 Å². The second-order valence-electron chi connectivity index (χ2n) is 16.4. The first-order chi connectivity index (χ1) is 27.5. The van der Waals surface area contributed by atoms with Crippen LogP contribution >= 0.6 is 11.3 Å². The molecule has 13 rings (SSSR count). The number of rotatable bonds is 2. The molecule has 0 saturated carbocycles. The van der Waals surface area contributed by atoms with Gasteiger partial charge in [0, 0.05) is 25.6 Å². The van der Waals surface area contributed by atoms with Crippen molar-refractivity contribution in [3.8, 4) is 33.4 Å². The molecular formula is C55H34S. The van der Waals surface area contributed by atoms with Gasteiger partial charge < -0.3 is 0 Å². The zero-order valence-electron chi connectivity index (χ0n) is 31.1. The normalized spacial score (nSPS) is 13.7. The molecular weight excluding hydrogens is 693 g/mol. The quantitative estimate of drug-likeness (QED) is 0.156. The molecule has 0 nitrogen and oxygen atoms in total. The van der Waals surface area contributed by atoms with Gasteiger partial charge in [-0.3, -0.25) is 0 Å². The van der Waals surface area contributed by atoms with E-state index >= 15 is 0 Å². The molecule has 0 unspecified atom stereocenters. The fourth-order valence-electron chi connectivity index (χ4n) is 10.5. The highest BCUT2D eigenvalue weighted by molar-refractivity contribution is 7.25. The van der Waals surface area contributed by atoms with Crippen molar-refractivity contribution in [2.24, 2.45) is 0 Å². The summed E-state index contributed by atoms with van der Waals surface area (Å²) < 4.78 is 2.67. The zero-order chi connectivity index (χ0) is 36.9. The van der Waals surface area contributed by atoms with Crippen LogP contribution in [-0.2, 0) is 5.41 Å². The summed E-state index contributed by atoms with van der Waals surface area (Å²) in [7, 11) is 0. The minimum atomic E-state index is -0.0369. The van der Waals surface area contributed by atoms with Crippen molar-refractivity contribution in [1.82, 2.24) is 0 Å². The molecule has 1 heterocycles. The van der Waals surface area contributed by atoms with Gasteiger partial charge in [0.1, 0.15) is 0 Å². The molecule has 1 aromatic heterocycles. The number of fused-ring (bicyclic) bond motifs is 12. The third-order valence-corrected chi connectivity index (χ3v) is 14.3. The maximum absolute atomic E-state index is 2.46. The fourth-order valence-corrected chi connectivity index (χ4v) is 11.6. The summed E-state index contributed by atoms with van der Waals surface area (Å²) in [4.78, 5) is 0. The van der Waals surface area contributed by atoms with Gasteiger partial charge in [0.15, 0.2) is 0 Å². The Kier molecular flexibility index (Phi) is 5.94. The van der Waals surface area contributed by atoms with E-state index in [2.05, 4.69) is 184 Å². The van der Waals surface area contributed by atoms with E-state index in [0.29, 0.717) is 0 Å². The molecule has 0 radical (unpaired) electrons. The Labute approximate surface area is 328 Å². The van der Waals surface area contributed by atoms with Gasteiger partial charge in [-0.1, -0.05) is 153 Å².